The lowest BCUT2D eigenvalue weighted by atomic mass is 9.73. The highest BCUT2D eigenvalue weighted by Crippen LogP contribution is 2.51. The molecule has 4 rings (SSSR count). The van der Waals surface area contributed by atoms with Crippen LogP contribution in [0, 0.1) is 5.41 Å². The molecule has 132 valence electrons. The van der Waals surface area contributed by atoms with Gasteiger partial charge in [0.25, 0.3) is 0 Å². The minimum Gasteiger partial charge on any atom is -0.497 e. The molecular weight excluding hydrogens is 344 g/mol. The Morgan fingerprint density at radius 1 is 1.27 bits per heavy atom. The van der Waals surface area contributed by atoms with E-state index in [0.29, 0.717) is 11.6 Å². The number of aromatic nitrogens is 1. The van der Waals surface area contributed by atoms with E-state index in [4.69, 9.17) is 4.74 Å². The maximum Gasteiger partial charge on any atom is 0.233 e. The van der Waals surface area contributed by atoms with E-state index in [1.54, 1.807) is 13.3 Å². The first kappa shape index (κ1) is 16.8. The molecule has 0 radical (unpaired) electrons. The van der Waals surface area contributed by atoms with E-state index in [1.165, 1.54) is 22.5 Å². The number of nitrogens with one attached hydrogen (secondary N) is 1. The largest absolute Gasteiger partial charge is 0.497 e. The highest BCUT2D eigenvalue weighted by atomic mass is 32.1. The summed E-state index contributed by atoms with van der Waals surface area (Å²) in [5.74, 6) is 0.764. The van der Waals surface area contributed by atoms with E-state index >= 15 is 0 Å². The molecule has 1 amide bonds. The van der Waals surface area contributed by atoms with Crippen molar-refractivity contribution in [3.8, 4) is 5.75 Å². The number of amides is 1. The van der Waals surface area contributed by atoms with Crippen molar-refractivity contribution in [2.75, 3.05) is 12.4 Å². The molecule has 2 aromatic carbocycles. The Labute approximate surface area is 156 Å². The second-order valence-electron chi connectivity index (χ2n) is 6.79. The number of nitrogens with zero attached hydrogens (tertiary/aromatic N) is 1. The second-order valence-corrected chi connectivity index (χ2v) is 7.69. The fourth-order valence-corrected chi connectivity index (χ4v) is 4.45. The van der Waals surface area contributed by atoms with Crippen LogP contribution in [0.4, 0.5) is 5.13 Å². The standard InChI is InChI=1S/C21H20N2O2S/c1-21(19(24)23-20-22-10-11-26-20)13-15-6-3-4-9-17(15)18(21)14-7-5-8-16(12-14)25-2/h3-12,18H,13H2,1-2H3,(H,22,23,24)/t18-,21+/m0/s1. The highest BCUT2D eigenvalue weighted by Gasteiger charge is 2.48. The summed E-state index contributed by atoms with van der Waals surface area (Å²) in [7, 11) is 1.66. The van der Waals surface area contributed by atoms with E-state index in [9.17, 15) is 4.79 Å². The molecule has 3 aromatic rings. The molecule has 1 aromatic heterocycles. The SMILES string of the molecule is COc1cccc([C@H]2c3ccccc3C[C@@]2(C)C(=O)Nc2nccs2)c1. The number of rotatable bonds is 4. The summed E-state index contributed by atoms with van der Waals surface area (Å²) in [4.78, 5) is 17.5. The maximum atomic E-state index is 13.3. The van der Waals surface area contributed by atoms with Crippen LogP contribution >= 0.6 is 11.3 Å². The number of fused-ring (bicyclic) bond motifs is 1. The number of methoxy groups -OCH3 is 1. The third-order valence-corrected chi connectivity index (χ3v) is 5.85. The van der Waals surface area contributed by atoms with Crippen molar-refractivity contribution < 1.29 is 9.53 Å². The number of hydrogen-bond acceptors (Lipinski definition) is 4. The Hall–Kier alpha value is -2.66. The summed E-state index contributed by atoms with van der Waals surface area (Å²) in [6, 6.07) is 16.3. The van der Waals surface area contributed by atoms with Gasteiger partial charge >= 0.3 is 0 Å². The molecule has 0 bridgehead atoms. The fraction of sp³-hybridized carbons (Fsp3) is 0.238. The number of hydrogen-bond donors (Lipinski definition) is 1. The van der Waals surface area contributed by atoms with Crippen molar-refractivity contribution in [2.24, 2.45) is 5.41 Å². The average Bonchev–Trinajstić information content (AvgIpc) is 3.27. The Kier molecular flexibility index (Phi) is 4.24. The zero-order valence-electron chi connectivity index (χ0n) is 14.7. The Balaban J connectivity index is 1.78. The normalized spacial score (nSPS) is 21.2. The molecule has 5 heteroatoms. The van der Waals surface area contributed by atoms with Gasteiger partial charge in [0.2, 0.25) is 5.91 Å². The van der Waals surface area contributed by atoms with E-state index in [0.717, 1.165) is 11.3 Å². The minimum absolute atomic E-state index is 0.00327. The van der Waals surface area contributed by atoms with Crippen LogP contribution in [0.3, 0.4) is 0 Å². The van der Waals surface area contributed by atoms with Crippen molar-refractivity contribution in [1.82, 2.24) is 4.98 Å². The zero-order valence-corrected chi connectivity index (χ0v) is 15.5. The first-order valence-electron chi connectivity index (χ1n) is 8.54. The molecule has 4 nitrogen and oxygen atoms in total. The third-order valence-electron chi connectivity index (χ3n) is 5.16. The van der Waals surface area contributed by atoms with Crippen LogP contribution < -0.4 is 10.1 Å². The van der Waals surface area contributed by atoms with Gasteiger partial charge in [-0.2, -0.15) is 0 Å². The first-order chi connectivity index (χ1) is 12.6. The lowest BCUT2D eigenvalue weighted by molar-refractivity contribution is -0.125. The summed E-state index contributed by atoms with van der Waals surface area (Å²) >= 11 is 1.43. The topological polar surface area (TPSA) is 51.2 Å². The van der Waals surface area contributed by atoms with E-state index in [2.05, 4.69) is 28.5 Å². The maximum absolute atomic E-state index is 13.3. The van der Waals surface area contributed by atoms with Gasteiger partial charge in [0.05, 0.1) is 12.5 Å². The molecule has 0 saturated heterocycles. The van der Waals surface area contributed by atoms with E-state index in [-0.39, 0.29) is 11.8 Å². The summed E-state index contributed by atoms with van der Waals surface area (Å²) in [6.45, 7) is 2.04. The van der Waals surface area contributed by atoms with Crippen LogP contribution in [-0.2, 0) is 11.2 Å². The Bertz CT molecular complexity index is 939. The van der Waals surface area contributed by atoms with Gasteiger partial charge in [0.15, 0.2) is 5.13 Å². The average molecular weight is 364 g/mol. The molecule has 1 aliphatic rings. The zero-order chi connectivity index (χ0) is 18.1. The Morgan fingerprint density at radius 3 is 2.88 bits per heavy atom. The smallest absolute Gasteiger partial charge is 0.233 e. The predicted octanol–water partition coefficient (Wildman–Crippen LogP) is 4.48. The molecule has 1 aliphatic carbocycles. The van der Waals surface area contributed by atoms with Crippen molar-refractivity contribution in [3.05, 3.63) is 76.8 Å². The van der Waals surface area contributed by atoms with Crippen LogP contribution in [0.1, 0.15) is 29.5 Å². The number of thiazole rings is 1. The van der Waals surface area contributed by atoms with Crippen LogP contribution in [0.5, 0.6) is 5.75 Å². The van der Waals surface area contributed by atoms with E-state index in [1.807, 2.05) is 42.6 Å². The number of carbonyl (C=O) groups excluding carboxylic acids is 1. The van der Waals surface area contributed by atoms with Gasteiger partial charge in [-0.05, 0) is 42.2 Å². The summed E-state index contributed by atoms with van der Waals surface area (Å²) in [6.07, 6.45) is 2.40. The van der Waals surface area contributed by atoms with Crippen LogP contribution in [0.25, 0.3) is 0 Å². The van der Waals surface area contributed by atoms with Gasteiger partial charge in [-0.1, -0.05) is 36.4 Å². The number of anilines is 1. The van der Waals surface area contributed by atoms with Gasteiger partial charge in [0, 0.05) is 17.5 Å². The molecule has 1 heterocycles. The van der Waals surface area contributed by atoms with Gasteiger partial charge in [-0.3, -0.25) is 4.79 Å². The predicted molar refractivity (Wildman–Crippen MR) is 104 cm³/mol. The molecular formula is C21H20N2O2S. The number of ether oxygens (including phenoxy) is 1. The molecule has 2 atom stereocenters. The quantitative estimate of drug-likeness (QED) is 0.742. The van der Waals surface area contributed by atoms with E-state index < -0.39 is 5.41 Å². The molecule has 0 unspecified atom stereocenters. The second kappa shape index (κ2) is 6.57. The fourth-order valence-electron chi connectivity index (χ4n) is 3.92. The van der Waals surface area contributed by atoms with Gasteiger partial charge < -0.3 is 10.1 Å². The molecule has 26 heavy (non-hydrogen) atoms. The van der Waals surface area contributed by atoms with Gasteiger partial charge in [0.1, 0.15) is 5.75 Å². The van der Waals surface area contributed by atoms with Gasteiger partial charge in [-0.15, -0.1) is 11.3 Å². The first-order valence-corrected chi connectivity index (χ1v) is 9.42. The van der Waals surface area contributed by atoms with Crippen LogP contribution in [-0.4, -0.2) is 18.0 Å². The number of benzene rings is 2. The lowest BCUT2D eigenvalue weighted by Crippen LogP contribution is -2.37. The summed E-state index contributed by atoms with van der Waals surface area (Å²) in [5, 5.41) is 5.50. The highest BCUT2D eigenvalue weighted by molar-refractivity contribution is 7.13. The van der Waals surface area contributed by atoms with Crippen molar-refractivity contribution in [3.63, 3.8) is 0 Å². The van der Waals surface area contributed by atoms with Crippen molar-refractivity contribution >= 4 is 22.4 Å². The lowest BCUT2D eigenvalue weighted by Gasteiger charge is -2.31. The van der Waals surface area contributed by atoms with Gasteiger partial charge in [-0.25, -0.2) is 4.98 Å². The molecule has 0 fully saturated rings. The molecule has 0 saturated carbocycles. The third kappa shape index (κ3) is 2.78. The van der Waals surface area contributed by atoms with Crippen LogP contribution in [0.15, 0.2) is 60.1 Å². The monoisotopic (exact) mass is 364 g/mol. The van der Waals surface area contributed by atoms with Crippen LogP contribution in [0.2, 0.25) is 0 Å². The Morgan fingerprint density at radius 2 is 2.12 bits per heavy atom. The summed E-state index contributed by atoms with van der Waals surface area (Å²) < 4.78 is 5.41. The van der Waals surface area contributed by atoms with Crippen molar-refractivity contribution in [2.45, 2.75) is 19.3 Å². The number of carbonyl (C=O) groups is 1. The van der Waals surface area contributed by atoms with Crippen molar-refractivity contribution in [1.29, 1.82) is 0 Å². The molecule has 0 spiro atoms. The molecule has 1 N–H and O–H groups in total. The molecule has 0 aliphatic heterocycles. The summed E-state index contributed by atoms with van der Waals surface area (Å²) in [5.41, 5.74) is 2.92. The minimum atomic E-state index is -0.596.